The lowest BCUT2D eigenvalue weighted by molar-refractivity contribution is -0.130. The van der Waals surface area contributed by atoms with Gasteiger partial charge in [-0.3, -0.25) is 9.69 Å². The fourth-order valence-corrected chi connectivity index (χ4v) is 4.34. The van der Waals surface area contributed by atoms with Gasteiger partial charge in [0.2, 0.25) is 17.6 Å². The summed E-state index contributed by atoms with van der Waals surface area (Å²) >= 11 is 1.43. The summed E-state index contributed by atoms with van der Waals surface area (Å²) in [5, 5.41) is 4.72. The standard InChI is InChI=1S/C19H27N5O2S/c1-4-15(5-2)23-9-11-24(12-10-23)17(25)13-27-19-16(7-6-8-20-19)18-21-14(3)26-22-18/h6-8,15H,4-5,9-13H2,1-3H3. The van der Waals surface area contributed by atoms with E-state index in [1.54, 1.807) is 13.1 Å². The van der Waals surface area contributed by atoms with E-state index in [1.807, 2.05) is 17.0 Å². The van der Waals surface area contributed by atoms with E-state index in [-0.39, 0.29) is 5.91 Å². The van der Waals surface area contributed by atoms with Gasteiger partial charge in [-0.2, -0.15) is 4.98 Å². The summed E-state index contributed by atoms with van der Waals surface area (Å²) < 4.78 is 5.06. The fraction of sp³-hybridized carbons (Fsp3) is 0.579. The van der Waals surface area contributed by atoms with E-state index in [0.717, 1.165) is 49.6 Å². The smallest absolute Gasteiger partial charge is 0.233 e. The van der Waals surface area contributed by atoms with Crippen molar-refractivity contribution in [2.24, 2.45) is 0 Å². The summed E-state index contributed by atoms with van der Waals surface area (Å²) in [7, 11) is 0. The summed E-state index contributed by atoms with van der Waals surface area (Å²) in [6.45, 7) is 9.74. The van der Waals surface area contributed by atoms with Crippen molar-refractivity contribution in [1.82, 2.24) is 24.9 Å². The first-order valence-electron chi connectivity index (χ1n) is 9.52. The van der Waals surface area contributed by atoms with Crippen LogP contribution in [0.25, 0.3) is 11.4 Å². The zero-order valence-electron chi connectivity index (χ0n) is 16.2. The van der Waals surface area contributed by atoms with Gasteiger partial charge >= 0.3 is 0 Å². The molecule has 2 aromatic rings. The molecule has 0 radical (unpaired) electrons. The molecule has 3 heterocycles. The molecule has 8 heteroatoms. The molecule has 0 unspecified atom stereocenters. The average molecular weight is 390 g/mol. The summed E-state index contributed by atoms with van der Waals surface area (Å²) in [6.07, 6.45) is 4.05. The number of thioether (sulfide) groups is 1. The molecule has 1 aliphatic heterocycles. The molecule has 0 atom stereocenters. The normalized spacial score (nSPS) is 15.5. The van der Waals surface area contributed by atoms with Crippen LogP contribution in [0.3, 0.4) is 0 Å². The van der Waals surface area contributed by atoms with Crippen LogP contribution in [0.15, 0.2) is 27.9 Å². The summed E-state index contributed by atoms with van der Waals surface area (Å²) in [5.74, 6) is 1.54. The number of amides is 1. The number of rotatable bonds is 7. The molecule has 1 fully saturated rings. The van der Waals surface area contributed by atoms with Crippen LogP contribution in [-0.4, -0.2) is 68.8 Å². The predicted octanol–water partition coefficient (Wildman–Crippen LogP) is 2.86. The molecule has 146 valence electrons. The van der Waals surface area contributed by atoms with E-state index in [9.17, 15) is 4.79 Å². The van der Waals surface area contributed by atoms with E-state index in [0.29, 0.717) is 23.5 Å². The topological polar surface area (TPSA) is 75.4 Å². The van der Waals surface area contributed by atoms with Gasteiger partial charge in [-0.15, -0.1) is 0 Å². The monoisotopic (exact) mass is 389 g/mol. The van der Waals surface area contributed by atoms with E-state index in [2.05, 4.69) is 33.9 Å². The minimum absolute atomic E-state index is 0.157. The second-order valence-electron chi connectivity index (χ2n) is 6.67. The Kier molecular flexibility index (Phi) is 6.84. The van der Waals surface area contributed by atoms with Crippen LogP contribution < -0.4 is 0 Å². The minimum atomic E-state index is 0.157. The van der Waals surface area contributed by atoms with Gasteiger partial charge in [0.15, 0.2) is 0 Å². The van der Waals surface area contributed by atoms with Crippen molar-refractivity contribution >= 4 is 17.7 Å². The van der Waals surface area contributed by atoms with E-state index < -0.39 is 0 Å². The first kappa shape index (κ1) is 19.8. The van der Waals surface area contributed by atoms with Crippen LogP contribution in [0.2, 0.25) is 0 Å². The highest BCUT2D eigenvalue weighted by Gasteiger charge is 2.24. The number of aromatic nitrogens is 3. The van der Waals surface area contributed by atoms with Crippen LogP contribution in [0, 0.1) is 6.92 Å². The number of hydrogen-bond donors (Lipinski definition) is 0. The SMILES string of the molecule is CCC(CC)N1CCN(C(=O)CSc2ncccc2-c2noc(C)n2)CC1. The van der Waals surface area contributed by atoms with E-state index in [1.165, 1.54) is 11.8 Å². The van der Waals surface area contributed by atoms with Gasteiger partial charge in [0.05, 0.1) is 11.3 Å². The van der Waals surface area contributed by atoms with Crippen molar-refractivity contribution in [2.45, 2.75) is 44.7 Å². The summed E-state index contributed by atoms with van der Waals surface area (Å²) in [4.78, 5) is 25.8. The number of pyridine rings is 1. The molecule has 0 saturated carbocycles. The first-order valence-corrected chi connectivity index (χ1v) is 10.5. The minimum Gasteiger partial charge on any atom is -0.339 e. The molecule has 1 amide bonds. The second-order valence-corrected chi connectivity index (χ2v) is 7.63. The molecular formula is C19H27N5O2S. The number of carbonyl (C=O) groups excluding carboxylic acids is 1. The number of piperazine rings is 1. The van der Waals surface area contributed by atoms with Crippen LogP contribution in [0.4, 0.5) is 0 Å². The first-order chi connectivity index (χ1) is 13.1. The zero-order valence-corrected chi connectivity index (χ0v) is 17.0. The molecule has 3 rings (SSSR count). The fourth-order valence-electron chi connectivity index (χ4n) is 3.45. The highest BCUT2D eigenvalue weighted by Crippen LogP contribution is 2.28. The van der Waals surface area contributed by atoms with Crippen LogP contribution >= 0.6 is 11.8 Å². The molecule has 0 spiro atoms. The van der Waals surface area contributed by atoms with Crippen LogP contribution in [-0.2, 0) is 4.79 Å². The van der Waals surface area contributed by atoms with Crippen molar-refractivity contribution in [1.29, 1.82) is 0 Å². The lowest BCUT2D eigenvalue weighted by Crippen LogP contribution is -2.52. The zero-order chi connectivity index (χ0) is 19.2. The van der Waals surface area contributed by atoms with Crippen molar-refractivity contribution in [2.75, 3.05) is 31.9 Å². The Morgan fingerprint density at radius 3 is 2.63 bits per heavy atom. The highest BCUT2D eigenvalue weighted by molar-refractivity contribution is 8.00. The predicted molar refractivity (Wildman–Crippen MR) is 106 cm³/mol. The molecule has 27 heavy (non-hydrogen) atoms. The van der Waals surface area contributed by atoms with E-state index >= 15 is 0 Å². The Hall–Kier alpha value is -1.93. The van der Waals surface area contributed by atoms with Gasteiger partial charge in [0, 0.05) is 45.3 Å². The Morgan fingerprint density at radius 1 is 1.26 bits per heavy atom. The Morgan fingerprint density at radius 2 is 2.00 bits per heavy atom. The van der Waals surface area contributed by atoms with E-state index in [4.69, 9.17) is 4.52 Å². The molecule has 0 N–H and O–H groups in total. The van der Waals surface area contributed by atoms with Gasteiger partial charge in [-0.1, -0.05) is 30.8 Å². The summed E-state index contributed by atoms with van der Waals surface area (Å²) in [5.41, 5.74) is 0.797. The highest BCUT2D eigenvalue weighted by atomic mass is 32.2. The van der Waals surface area contributed by atoms with Gasteiger partial charge < -0.3 is 9.42 Å². The number of nitrogens with zero attached hydrogens (tertiary/aromatic N) is 5. The quantitative estimate of drug-likeness (QED) is 0.674. The third-order valence-corrected chi connectivity index (χ3v) is 5.99. The molecule has 2 aromatic heterocycles. The number of carbonyl (C=O) groups is 1. The van der Waals surface area contributed by atoms with Crippen molar-refractivity contribution < 1.29 is 9.32 Å². The molecule has 0 aliphatic carbocycles. The summed E-state index contributed by atoms with van der Waals surface area (Å²) in [6, 6.07) is 4.37. The maximum absolute atomic E-state index is 12.6. The maximum atomic E-state index is 12.6. The molecular weight excluding hydrogens is 362 g/mol. The van der Waals surface area contributed by atoms with Crippen molar-refractivity contribution in [3.05, 3.63) is 24.2 Å². The third-order valence-electron chi connectivity index (χ3n) is 5.00. The molecule has 0 bridgehead atoms. The maximum Gasteiger partial charge on any atom is 0.233 e. The Bertz CT molecular complexity index is 754. The molecule has 7 nitrogen and oxygen atoms in total. The van der Waals surface area contributed by atoms with Crippen LogP contribution in [0.5, 0.6) is 0 Å². The van der Waals surface area contributed by atoms with Crippen molar-refractivity contribution in [3.8, 4) is 11.4 Å². The average Bonchev–Trinajstić information content (AvgIpc) is 3.14. The lowest BCUT2D eigenvalue weighted by atomic mass is 10.1. The Balaban J connectivity index is 1.56. The third kappa shape index (κ3) is 4.87. The van der Waals surface area contributed by atoms with Gasteiger partial charge in [0.1, 0.15) is 5.03 Å². The van der Waals surface area contributed by atoms with Crippen LogP contribution in [0.1, 0.15) is 32.6 Å². The Labute approximate surface area is 164 Å². The van der Waals surface area contributed by atoms with Gasteiger partial charge in [-0.25, -0.2) is 4.98 Å². The lowest BCUT2D eigenvalue weighted by Gasteiger charge is -2.38. The second kappa shape index (κ2) is 9.32. The van der Waals surface area contributed by atoms with Gasteiger partial charge in [-0.05, 0) is 25.0 Å². The van der Waals surface area contributed by atoms with Crippen molar-refractivity contribution in [3.63, 3.8) is 0 Å². The number of hydrogen-bond acceptors (Lipinski definition) is 7. The molecule has 0 aromatic carbocycles. The number of aryl methyl sites for hydroxylation is 1. The largest absolute Gasteiger partial charge is 0.339 e. The van der Waals surface area contributed by atoms with Gasteiger partial charge in [0.25, 0.3) is 0 Å². The molecule has 1 aliphatic rings. The molecule has 1 saturated heterocycles.